The highest BCUT2D eigenvalue weighted by Crippen LogP contribution is 2.24. The van der Waals surface area contributed by atoms with Gasteiger partial charge < -0.3 is 5.32 Å². The Balaban J connectivity index is 1.99. The topological polar surface area (TPSA) is 70.2 Å². The fourth-order valence-corrected chi connectivity index (χ4v) is 3.61. The smallest absolute Gasteiger partial charge is 0.266 e. The molecule has 0 bridgehead atoms. The summed E-state index contributed by atoms with van der Waals surface area (Å²) >= 11 is 1.58. The summed E-state index contributed by atoms with van der Waals surface area (Å²) in [4.78, 5) is 19.1. The summed E-state index contributed by atoms with van der Waals surface area (Å²) in [5, 5.41) is 12.3. The molecule has 0 radical (unpaired) electrons. The molecule has 0 aliphatic rings. The van der Waals surface area contributed by atoms with E-state index < -0.39 is 5.91 Å². The summed E-state index contributed by atoms with van der Waals surface area (Å²) in [7, 11) is 0. The number of nitrogens with one attached hydrogen (secondary N) is 1. The molecule has 3 aromatic rings. The van der Waals surface area contributed by atoms with Crippen LogP contribution < -0.4 is 5.32 Å². The minimum absolute atomic E-state index is 0.0522. The average molecular weight is 350 g/mol. The van der Waals surface area contributed by atoms with E-state index in [4.69, 9.17) is 0 Å². The lowest BCUT2D eigenvalue weighted by molar-refractivity contribution is -0.112. The van der Waals surface area contributed by atoms with Gasteiger partial charge in [-0.05, 0) is 44.9 Å². The monoisotopic (exact) mass is 350 g/mol. The highest BCUT2D eigenvalue weighted by Gasteiger charge is 2.15. The van der Waals surface area contributed by atoms with Crippen molar-refractivity contribution in [3.05, 3.63) is 57.4 Å². The van der Waals surface area contributed by atoms with Crippen LogP contribution in [0.3, 0.4) is 0 Å². The second-order valence-corrected chi connectivity index (χ2v) is 7.18. The van der Waals surface area contributed by atoms with E-state index in [1.54, 1.807) is 17.4 Å². The van der Waals surface area contributed by atoms with Crippen molar-refractivity contribution in [1.82, 2.24) is 9.38 Å². The fraction of sp³-hybridized carbons (Fsp3) is 0.211. The van der Waals surface area contributed by atoms with Crippen molar-refractivity contribution in [2.75, 3.05) is 5.32 Å². The molecule has 3 rings (SSSR count). The predicted molar refractivity (Wildman–Crippen MR) is 101 cm³/mol. The molecule has 0 saturated heterocycles. The van der Waals surface area contributed by atoms with Gasteiger partial charge in [-0.2, -0.15) is 5.26 Å². The highest BCUT2D eigenvalue weighted by molar-refractivity contribution is 7.17. The summed E-state index contributed by atoms with van der Waals surface area (Å²) in [5.74, 6) is -0.416. The molecular weight excluding hydrogens is 332 g/mol. The molecule has 1 N–H and O–H groups in total. The van der Waals surface area contributed by atoms with E-state index >= 15 is 0 Å². The molecule has 0 atom stereocenters. The molecule has 0 aliphatic heterocycles. The van der Waals surface area contributed by atoms with E-state index in [9.17, 15) is 10.1 Å². The number of hydrogen-bond acceptors (Lipinski definition) is 4. The number of anilines is 1. The predicted octanol–water partition coefficient (Wildman–Crippen LogP) is 4.18. The van der Waals surface area contributed by atoms with Gasteiger partial charge in [-0.1, -0.05) is 18.2 Å². The number of aromatic nitrogens is 2. The first-order valence-electron chi connectivity index (χ1n) is 7.85. The maximum Gasteiger partial charge on any atom is 0.266 e. The van der Waals surface area contributed by atoms with Crippen LogP contribution in [-0.4, -0.2) is 15.3 Å². The van der Waals surface area contributed by atoms with Gasteiger partial charge in [0.25, 0.3) is 5.91 Å². The molecule has 0 saturated carbocycles. The van der Waals surface area contributed by atoms with Gasteiger partial charge in [0.1, 0.15) is 11.6 Å². The van der Waals surface area contributed by atoms with Crippen molar-refractivity contribution in [1.29, 1.82) is 5.26 Å². The molecule has 5 nitrogen and oxygen atoms in total. The molecule has 0 unspecified atom stereocenters. The van der Waals surface area contributed by atoms with E-state index in [1.807, 2.05) is 62.6 Å². The van der Waals surface area contributed by atoms with Gasteiger partial charge in [0, 0.05) is 16.8 Å². The van der Waals surface area contributed by atoms with Crippen molar-refractivity contribution in [3.63, 3.8) is 0 Å². The Labute approximate surface area is 150 Å². The Morgan fingerprint density at radius 2 is 1.96 bits per heavy atom. The molecule has 2 aromatic heterocycles. The molecule has 25 heavy (non-hydrogen) atoms. The van der Waals surface area contributed by atoms with Gasteiger partial charge in [0.2, 0.25) is 0 Å². The van der Waals surface area contributed by atoms with Crippen molar-refractivity contribution in [2.24, 2.45) is 0 Å². The van der Waals surface area contributed by atoms with Gasteiger partial charge in [-0.25, -0.2) is 4.98 Å². The summed E-state index contributed by atoms with van der Waals surface area (Å²) in [6.45, 7) is 7.73. The number of amides is 1. The maximum absolute atomic E-state index is 12.6. The highest BCUT2D eigenvalue weighted by atomic mass is 32.1. The SMILES string of the molecule is Cc1cn2c(/C=C(/C#N)C(=O)Nc3c(C)cccc3C)c(C)nc2s1. The van der Waals surface area contributed by atoms with Crippen LogP contribution in [0.5, 0.6) is 0 Å². The quantitative estimate of drug-likeness (QED) is 0.569. The number of hydrogen-bond donors (Lipinski definition) is 1. The Hall–Kier alpha value is -2.91. The lowest BCUT2D eigenvalue weighted by Crippen LogP contribution is -2.15. The molecule has 0 fully saturated rings. The van der Waals surface area contributed by atoms with Gasteiger partial charge in [0.15, 0.2) is 4.96 Å². The van der Waals surface area contributed by atoms with Gasteiger partial charge >= 0.3 is 0 Å². The number of nitriles is 1. The Morgan fingerprint density at radius 3 is 2.60 bits per heavy atom. The van der Waals surface area contributed by atoms with Crippen molar-refractivity contribution in [2.45, 2.75) is 27.7 Å². The summed E-state index contributed by atoms with van der Waals surface area (Å²) in [6.07, 6.45) is 3.56. The number of carbonyl (C=O) groups is 1. The maximum atomic E-state index is 12.6. The third kappa shape index (κ3) is 3.19. The zero-order valence-corrected chi connectivity index (χ0v) is 15.4. The minimum atomic E-state index is -0.416. The van der Waals surface area contributed by atoms with Crippen LogP contribution in [0, 0.1) is 39.0 Å². The number of rotatable bonds is 3. The molecule has 0 spiro atoms. The lowest BCUT2D eigenvalue weighted by atomic mass is 10.1. The Kier molecular flexibility index (Phi) is 4.43. The third-order valence-electron chi connectivity index (χ3n) is 4.03. The number of nitrogens with zero attached hydrogens (tertiary/aromatic N) is 3. The first-order valence-corrected chi connectivity index (χ1v) is 8.67. The first-order chi connectivity index (χ1) is 11.9. The van der Waals surface area contributed by atoms with Crippen LogP contribution in [-0.2, 0) is 4.79 Å². The summed E-state index contributed by atoms with van der Waals surface area (Å²) < 4.78 is 1.92. The van der Waals surface area contributed by atoms with E-state index in [1.165, 1.54) is 0 Å². The molecule has 1 amide bonds. The van der Waals surface area contributed by atoms with Gasteiger partial charge in [0.05, 0.1) is 11.4 Å². The van der Waals surface area contributed by atoms with Crippen molar-refractivity contribution >= 4 is 34.0 Å². The molecular formula is C19H18N4OS. The number of thiazole rings is 1. The van der Waals surface area contributed by atoms with Crippen LogP contribution in [0.1, 0.15) is 27.4 Å². The lowest BCUT2D eigenvalue weighted by Gasteiger charge is -2.10. The van der Waals surface area contributed by atoms with Gasteiger partial charge in [-0.3, -0.25) is 9.20 Å². The number of carbonyl (C=O) groups excluding carboxylic acids is 1. The number of aryl methyl sites for hydroxylation is 4. The van der Waals surface area contributed by atoms with Crippen LogP contribution in [0.15, 0.2) is 30.0 Å². The van der Waals surface area contributed by atoms with Crippen molar-refractivity contribution in [3.8, 4) is 6.07 Å². The number of benzene rings is 1. The molecule has 6 heteroatoms. The summed E-state index contributed by atoms with van der Waals surface area (Å²) in [5.41, 5.74) is 4.27. The largest absolute Gasteiger partial charge is 0.321 e. The molecule has 0 aliphatic carbocycles. The van der Waals surface area contributed by atoms with Crippen LogP contribution in [0.4, 0.5) is 5.69 Å². The first kappa shape index (κ1) is 16.9. The van der Waals surface area contributed by atoms with Crippen molar-refractivity contribution < 1.29 is 4.79 Å². The van der Waals surface area contributed by atoms with Crippen LogP contribution >= 0.6 is 11.3 Å². The van der Waals surface area contributed by atoms with E-state index in [-0.39, 0.29) is 5.57 Å². The number of imidazole rings is 1. The van der Waals surface area contributed by atoms with E-state index in [0.29, 0.717) is 0 Å². The molecule has 2 heterocycles. The zero-order chi connectivity index (χ0) is 18.1. The normalized spacial score (nSPS) is 11.6. The molecule has 126 valence electrons. The van der Waals surface area contributed by atoms with Crippen LogP contribution in [0.2, 0.25) is 0 Å². The number of para-hydroxylation sites is 1. The van der Waals surface area contributed by atoms with Crippen LogP contribution in [0.25, 0.3) is 11.0 Å². The second-order valence-electron chi connectivity index (χ2n) is 5.97. The minimum Gasteiger partial charge on any atom is -0.321 e. The third-order valence-corrected chi connectivity index (χ3v) is 4.93. The molecule has 1 aromatic carbocycles. The Bertz CT molecular complexity index is 1030. The average Bonchev–Trinajstić information content (AvgIpc) is 3.04. The summed E-state index contributed by atoms with van der Waals surface area (Å²) in [6, 6.07) is 7.80. The zero-order valence-electron chi connectivity index (χ0n) is 14.5. The van der Waals surface area contributed by atoms with Gasteiger partial charge in [-0.15, -0.1) is 11.3 Å². The second kappa shape index (κ2) is 6.54. The number of fused-ring (bicyclic) bond motifs is 1. The van der Waals surface area contributed by atoms with E-state index in [0.717, 1.165) is 38.0 Å². The fourth-order valence-electron chi connectivity index (χ4n) is 2.73. The standard InChI is InChI=1S/C19H18N4OS/c1-11-6-5-7-12(2)17(11)22-18(24)15(9-20)8-16-14(4)21-19-23(16)10-13(3)25-19/h5-8,10H,1-4H3,(H,22,24)/b15-8-. The van der Waals surface area contributed by atoms with E-state index in [2.05, 4.69) is 10.3 Å². The Morgan fingerprint density at radius 1 is 1.28 bits per heavy atom.